The molecule has 6 heteroatoms. The van der Waals surface area contributed by atoms with E-state index in [4.69, 9.17) is 11.6 Å². The van der Waals surface area contributed by atoms with E-state index in [1.807, 2.05) is 37.2 Å². The topological polar surface area (TPSA) is 44.7 Å². The van der Waals surface area contributed by atoms with Gasteiger partial charge >= 0.3 is 0 Å². The number of benzene rings is 1. The number of carbonyl (C=O) groups is 1. The third-order valence-corrected chi connectivity index (χ3v) is 3.76. The lowest BCUT2D eigenvalue weighted by Crippen LogP contribution is -2.17. The monoisotopic (exact) mass is 307 g/mol. The lowest BCUT2D eigenvalue weighted by atomic mass is 10.2. The molecule has 0 unspecified atom stereocenters. The van der Waals surface area contributed by atoms with Crippen LogP contribution in [0.15, 0.2) is 41.5 Å². The van der Waals surface area contributed by atoms with Crippen LogP contribution in [0.4, 0.5) is 5.69 Å². The van der Waals surface area contributed by atoms with Crippen molar-refractivity contribution in [1.29, 1.82) is 0 Å². The Morgan fingerprint density at radius 1 is 1.25 bits per heavy atom. The summed E-state index contributed by atoms with van der Waals surface area (Å²) in [7, 11) is 3.90. The van der Waals surface area contributed by atoms with E-state index in [1.165, 1.54) is 11.3 Å². The molecular formula is C14H14ClN3OS. The van der Waals surface area contributed by atoms with Gasteiger partial charge in [0.05, 0.1) is 10.6 Å². The fourth-order valence-corrected chi connectivity index (χ4v) is 2.46. The zero-order chi connectivity index (χ0) is 14.5. The van der Waals surface area contributed by atoms with E-state index in [0.29, 0.717) is 9.90 Å². The van der Waals surface area contributed by atoms with Gasteiger partial charge in [-0.15, -0.1) is 11.3 Å². The smallest absolute Gasteiger partial charge is 0.271 e. The Hall–Kier alpha value is -1.85. The van der Waals surface area contributed by atoms with Crippen molar-refractivity contribution in [2.45, 2.75) is 0 Å². The van der Waals surface area contributed by atoms with Crippen LogP contribution in [-0.4, -0.2) is 26.2 Å². The maximum atomic E-state index is 11.9. The molecule has 4 nitrogen and oxygen atoms in total. The highest BCUT2D eigenvalue weighted by molar-refractivity contribution is 7.17. The minimum atomic E-state index is -0.241. The Labute approximate surface area is 126 Å². The molecule has 0 aliphatic rings. The van der Waals surface area contributed by atoms with Crippen molar-refractivity contribution in [2.24, 2.45) is 5.10 Å². The number of nitrogens with one attached hydrogen (secondary N) is 1. The molecule has 2 rings (SSSR count). The molecule has 0 saturated heterocycles. The van der Waals surface area contributed by atoms with E-state index in [-0.39, 0.29) is 5.91 Å². The van der Waals surface area contributed by atoms with E-state index >= 15 is 0 Å². The normalized spacial score (nSPS) is 10.8. The van der Waals surface area contributed by atoms with Crippen molar-refractivity contribution in [2.75, 3.05) is 19.0 Å². The second-order valence-electron chi connectivity index (χ2n) is 4.28. The van der Waals surface area contributed by atoms with Crippen LogP contribution in [0, 0.1) is 0 Å². The van der Waals surface area contributed by atoms with Crippen LogP contribution in [-0.2, 0) is 0 Å². The summed E-state index contributed by atoms with van der Waals surface area (Å²) in [5.41, 5.74) is 4.09. The summed E-state index contributed by atoms with van der Waals surface area (Å²) in [6, 6.07) is 10.9. The fourth-order valence-electron chi connectivity index (χ4n) is 1.53. The highest BCUT2D eigenvalue weighted by atomic mass is 35.5. The molecule has 0 spiro atoms. The van der Waals surface area contributed by atoms with E-state index in [1.54, 1.807) is 24.4 Å². The molecule has 1 aromatic heterocycles. The van der Waals surface area contributed by atoms with Gasteiger partial charge in [-0.25, -0.2) is 5.43 Å². The Kier molecular flexibility index (Phi) is 4.76. The van der Waals surface area contributed by atoms with E-state index in [0.717, 1.165) is 10.6 Å². The summed E-state index contributed by atoms with van der Waals surface area (Å²) < 4.78 is 0.692. The zero-order valence-electron chi connectivity index (χ0n) is 11.1. The quantitative estimate of drug-likeness (QED) is 0.696. The first-order valence-corrected chi connectivity index (χ1v) is 7.12. The van der Waals surface area contributed by atoms with Gasteiger partial charge in [-0.2, -0.15) is 5.10 Å². The number of hydrazone groups is 1. The second kappa shape index (κ2) is 6.54. The van der Waals surface area contributed by atoms with Gasteiger partial charge in [0.2, 0.25) is 0 Å². The van der Waals surface area contributed by atoms with Crippen LogP contribution in [0.2, 0.25) is 4.34 Å². The van der Waals surface area contributed by atoms with E-state index in [2.05, 4.69) is 10.5 Å². The van der Waals surface area contributed by atoms with Crippen molar-refractivity contribution in [3.8, 4) is 0 Å². The summed E-state index contributed by atoms with van der Waals surface area (Å²) in [4.78, 5) is 14.7. The number of halogens is 1. The first-order valence-electron chi connectivity index (χ1n) is 5.92. The molecule has 0 aliphatic carbocycles. The number of hydrogen-bond acceptors (Lipinski definition) is 4. The summed E-state index contributed by atoms with van der Waals surface area (Å²) in [5.74, 6) is -0.241. The van der Waals surface area contributed by atoms with Crippen LogP contribution in [0.3, 0.4) is 0 Å². The van der Waals surface area contributed by atoms with E-state index in [9.17, 15) is 4.79 Å². The number of thiophene rings is 1. The minimum absolute atomic E-state index is 0.241. The summed E-state index contributed by atoms with van der Waals surface area (Å²) in [5, 5.41) is 3.91. The van der Waals surface area contributed by atoms with Crippen LogP contribution in [0.25, 0.3) is 0 Å². The molecule has 0 radical (unpaired) electrons. The molecule has 0 saturated carbocycles. The minimum Gasteiger partial charge on any atom is -0.378 e. The Morgan fingerprint density at radius 3 is 2.50 bits per heavy atom. The van der Waals surface area contributed by atoms with Gasteiger partial charge in [0, 0.05) is 30.2 Å². The molecule has 104 valence electrons. The van der Waals surface area contributed by atoms with Crippen molar-refractivity contribution in [3.63, 3.8) is 0 Å². The lowest BCUT2D eigenvalue weighted by molar-refractivity contribution is 0.0955. The number of hydrogen-bond donors (Lipinski definition) is 1. The molecule has 20 heavy (non-hydrogen) atoms. The molecule has 2 aromatic rings. The van der Waals surface area contributed by atoms with Crippen LogP contribution in [0.1, 0.15) is 15.2 Å². The molecule has 0 aliphatic heterocycles. The number of amides is 1. The number of carbonyl (C=O) groups excluding carboxylic acids is 1. The Balaban J connectivity index is 1.96. The van der Waals surface area contributed by atoms with Crippen molar-refractivity contribution in [1.82, 2.24) is 5.43 Å². The zero-order valence-corrected chi connectivity index (χ0v) is 12.7. The number of nitrogens with zero attached hydrogens (tertiary/aromatic N) is 2. The fraction of sp³-hybridized carbons (Fsp3) is 0.143. The van der Waals surface area contributed by atoms with Gasteiger partial charge in [-0.3, -0.25) is 4.79 Å². The molecule has 0 atom stereocenters. The molecule has 0 bridgehead atoms. The molecule has 1 amide bonds. The predicted octanol–water partition coefficient (Wildman–Crippen LogP) is 3.23. The molecule has 0 fully saturated rings. The average molecular weight is 308 g/mol. The van der Waals surface area contributed by atoms with Crippen molar-refractivity contribution in [3.05, 3.63) is 51.2 Å². The van der Waals surface area contributed by atoms with Crippen molar-refractivity contribution < 1.29 is 4.79 Å². The lowest BCUT2D eigenvalue weighted by Gasteiger charge is -2.12. The SMILES string of the molecule is CN(C)c1ccc(C(=O)NN=Cc2ccc(Cl)s2)cc1. The molecular weight excluding hydrogens is 294 g/mol. The highest BCUT2D eigenvalue weighted by Crippen LogP contribution is 2.19. The largest absolute Gasteiger partial charge is 0.378 e. The number of anilines is 1. The van der Waals surface area contributed by atoms with Crippen LogP contribution in [0.5, 0.6) is 0 Å². The predicted molar refractivity (Wildman–Crippen MR) is 85.2 cm³/mol. The Bertz CT molecular complexity index is 620. The van der Waals surface area contributed by atoms with Crippen LogP contribution < -0.4 is 10.3 Å². The van der Waals surface area contributed by atoms with E-state index < -0.39 is 0 Å². The van der Waals surface area contributed by atoms with Gasteiger partial charge < -0.3 is 4.90 Å². The average Bonchev–Trinajstić information content (AvgIpc) is 2.84. The summed E-state index contributed by atoms with van der Waals surface area (Å²) >= 11 is 7.20. The number of rotatable bonds is 4. The standard InChI is InChI=1S/C14H14ClN3OS/c1-18(2)11-5-3-10(4-6-11)14(19)17-16-9-12-7-8-13(15)20-12/h3-9H,1-2H3,(H,17,19). The van der Waals surface area contributed by atoms with Crippen molar-refractivity contribution >= 4 is 40.7 Å². The van der Waals surface area contributed by atoms with Gasteiger partial charge in [-0.1, -0.05) is 11.6 Å². The van der Waals surface area contributed by atoms with Crippen LogP contribution >= 0.6 is 22.9 Å². The molecule has 1 heterocycles. The maximum Gasteiger partial charge on any atom is 0.271 e. The molecule has 1 aromatic carbocycles. The maximum absolute atomic E-state index is 11.9. The summed E-state index contributed by atoms with van der Waals surface area (Å²) in [6.45, 7) is 0. The Morgan fingerprint density at radius 2 is 1.95 bits per heavy atom. The second-order valence-corrected chi connectivity index (χ2v) is 6.03. The van der Waals surface area contributed by atoms with Gasteiger partial charge in [0.25, 0.3) is 5.91 Å². The third-order valence-electron chi connectivity index (χ3n) is 2.60. The third kappa shape index (κ3) is 3.82. The first-order chi connectivity index (χ1) is 9.56. The first kappa shape index (κ1) is 14.6. The highest BCUT2D eigenvalue weighted by Gasteiger charge is 2.04. The van der Waals surface area contributed by atoms with Gasteiger partial charge in [0.15, 0.2) is 0 Å². The van der Waals surface area contributed by atoms with Gasteiger partial charge in [-0.05, 0) is 36.4 Å². The molecule has 1 N–H and O–H groups in total. The van der Waals surface area contributed by atoms with Gasteiger partial charge in [0.1, 0.15) is 0 Å². The summed E-state index contributed by atoms with van der Waals surface area (Å²) in [6.07, 6.45) is 1.57.